The Balaban J connectivity index is 1.68. The zero-order valence-electron chi connectivity index (χ0n) is 17.8. The molecule has 2 aromatic carbocycles. The maximum atomic E-state index is 12.7. The van der Waals surface area contributed by atoms with E-state index in [1.807, 2.05) is 31.2 Å². The number of aryl methyl sites for hydroxylation is 1. The Bertz CT molecular complexity index is 955. The normalized spacial score (nSPS) is 12.8. The third-order valence-electron chi connectivity index (χ3n) is 4.99. The summed E-state index contributed by atoms with van der Waals surface area (Å²) in [7, 11) is 3.24. The third kappa shape index (κ3) is 5.40. The van der Waals surface area contributed by atoms with Gasteiger partial charge >= 0.3 is 0 Å². The second-order valence-corrected chi connectivity index (χ2v) is 8.12. The molecule has 30 heavy (non-hydrogen) atoms. The van der Waals surface area contributed by atoms with Crippen molar-refractivity contribution in [3.05, 3.63) is 81.5 Å². The molecule has 0 saturated carbocycles. The maximum absolute atomic E-state index is 12.7. The maximum Gasteiger partial charge on any atom is 0.234 e. The molecule has 0 aliphatic heterocycles. The molecule has 2 N–H and O–H groups in total. The number of hydrogen-bond donors (Lipinski definition) is 2. The molecule has 1 heterocycles. The number of methoxy groups -OCH3 is 2. The van der Waals surface area contributed by atoms with Gasteiger partial charge < -0.3 is 14.8 Å². The lowest BCUT2D eigenvalue weighted by Crippen LogP contribution is -2.37. The Morgan fingerprint density at radius 1 is 1.07 bits per heavy atom. The quantitative estimate of drug-likeness (QED) is 0.526. The van der Waals surface area contributed by atoms with Gasteiger partial charge in [0.15, 0.2) is 0 Å². The summed E-state index contributed by atoms with van der Waals surface area (Å²) >= 11 is 1.68. The van der Waals surface area contributed by atoms with E-state index in [1.165, 1.54) is 10.4 Å². The highest BCUT2D eigenvalue weighted by Gasteiger charge is 2.19. The minimum absolute atomic E-state index is 0.0296. The van der Waals surface area contributed by atoms with Crippen LogP contribution >= 0.6 is 11.3 Å². The molecular weight excluding hydrogens is 396 g/mol. The minimum Gasteiger partial charge on any atom is -0.497 e. The lowest BCUT2D eigenvalue weighted by molar-refractivity contribution is -0.121. The van der Waals surface area contributed by atoms with Gasteiger partial charge in [-0.1, -0.05) is 35.9 Å². The molecule has 3 aromatic rings. The van der Waals surface area contributed by atoms with E-state index < -0.39 is 0 Å². The monoisotopic (exact) mass is 424 g/mol. The van der Waals surface area contributed by atoms with Crippen molar-refractivity contribution in [2.45, 2.75) is 25.9 Å². The standard InChI is InChI=1S/C24H28N2O3S/c1-16-7-9-18(10-8-16)24(22-6-5-13-30-22)25-15-23(27)26-17(2)20-14-19(28-3)11-12-21(20)29-4/h5-14,17,24-25H,15H2,1-4H3,(H,26,27)/t17-,24+/m1/s1. The molecule has 0 fully saturated rings. The minimum atomic E-state index is -0.219. The first kappa shape index (κ1) is 21.9. The number of hydrogen-bond acceptors (Lipinski definition) is 5. The largest absolute Gasteiger partial charge is 0.497 e. The van der Waals surface area contributed by atoms with Crippen LogP contribution in [0.5, 0.6) is 11.5 Å². The molecule has 1 amide bonds. The predicted molar refractivity (Wildman–Crippen MR) is 121 cm³/mol. The fraction of sp³-hybridized carbons (Fsp3) is 0.292. The van der Waals surface area contributed by atoms with Crippen molar-refractivity contribution in [3.63, 3.8) is 0 Å². The number of carbonyl (C=O) groups is 1. The molecule has 5 nitrogen and oxygen atoms in total. The van der Waals surface area contributed by atoms with E-state index >= 15 is 0 Å². The highest BCUT2D eigenvalue weighted by Crippen LogP contribution is 2.29. The molecular formula is C24H28N2O3S. The van der Waals surface area contributed by atoms with E-state index in [0.29, 0.717) is 5.75 Å². The van der Waals surface area contributed by atoms with Gasteiger partial charge in [0.05, 0.1) is 32.8 Å². The first-order valence-corrected chi connectivity index (χ1v) is 10.7. The Morgan fingerprint density at radius 2 is 1.83 bits per heavy atom. The molecule has 0 bridgehead atoms. The van der Waals surface area contributed by atoms with Crippen molar-refractivity contribution < 1.29 is 14.3 Å². The Labute approximate surface area is 182 Å². The van der Waals surface area contributed by atoms with E-state index in [2.05, 4.69) is 53.3 Å². The SMILES string of the molecule is COc1ccc(OC)c([C@@H](C)NC(=O)CN[C@@H](c2ccc(C)cc2)c2cccs2)c1. The van der Waals surface area contributed by atoms with Gasteiger partial charge in [0.25, 0.3) is 0 Å². The van der Waals surface area contributed by atoms with Crippen LogP contribution in [0, 0.1) is 6.92 Å². The summed E-state index contributed by atoms with van der Waals surface area (Å²) in [6.45, 7) is 4.21. The zero-order valence-corrected chi connectivity index (χ0v) is 18.6. The van der Waals surface area contributed by atoms with E-state index in [9.17, 15) is 4.79 Å². The van der Waals surface area contributed by atoms with Crippen LogP contribution in [-0.2, 0) is 4.79 Å². The smallest absolute Gasteiger partial charge is 0.234 e. The van der Waals surface area contributed by atoms with Crippen LogP contribution < -0.4 is 20.1 Å². The van der Waals surface area contributed by atoms with Gasteiger partial charge in [-0.25, -0.2) is 0 Å². The average Bonchev–Trinajstić information content (AvgIpc) is 3.29. The second kappa shape index (κ2) is 10.3. The molecule has 2 atom stereocenters. The molecule has 3 rings (SSSR count). The van der Waals surface area contributed by atoms with Gasteiger partial charge in [-0.2, -0.15) is 0 Å². The Kier molecular flexibility index (Phi) is 7.49. The molecule has 0 radical (unpaired) electrons. The van der Waals surface area contributed by atoms with Crippen molar-refractivity contribution in [3.8, 4) is 11.5 Å². The average molecular weight is 425 g/mol. The summed E-state index contributed by atoms with van der Waals surface area (Å²) in [4.78, 5) is 13.9. The molecule has 158 valence electrons. The summed E-state index contributed by atoms with van der Waals surface area (Å²) in [5.74, 6) is 1.36. The van der Waals surface area contributed by atoms with Crippen LogP contribution in [0.3, 0.4) is 0 Å². The van der Waals surface area contributed by atoms with Gasteiger partial charge in [-0.3, -0.25) is 10.1 Å². The van der Waals surface area contributed by atoms with Crippen LogP contribution in [0.1, 0.15) is 40.6 Å². The summed E-state index contributed by atoms with van der Waals surface area (Å²) in [5.41, 5.74) is 3.22. The van der Waals surface area contributed by atoms with Gasteiger partial charge in [0.1, 0.15) is 11.5 Å². The lowest BCUT2D eigenvalue weighted by Gasteiger charge is -2.21. The first-order chi connectivity index (χ1) is 14.5. The number of benzene rings is 2. The predicted octanol–water partition coefficient (Wildman–Crippen LogP) is 4.63. The molecule has 0 spiro atoms. The topological polar surface area (TPSA) is 59.6 Å². The number of carbonyl (C=O) groups excluding carboxylic acids is 1. The van der Waals surface area contributed by atoms with E-state index in [4.69, 9.17) is 9.47 Å². The van der Waals surface area contributed by atoms with Crippen molar-refractivity contribution in [2.75, 3.05) is 20.8 Å². The highest BCUT2D eigenvalue weighted by atomic mass is 32.1. The number of ether oxygens (including phenoxy) is 2. The van der Waals surface area contributed by atoms with Gasteiger partial charge in [-0.05, 0) is 49.1 Å². The fourth-order valence-electron chi connectivity index (χ4n) is 3.34. The van der Waals surface area contributed by atoms with Gasteiger partial charge in [0.2, 0.25) is 5.91 Å². The molecule has 6 heteroatoms. The van der Waals surface area contributed by atoms with Crippen molar-refractivity contribution >= 4 is 17.2 Å². The van der Waals surface area contributed by atoms with Crippen molar-refractivity contribution in [2.24, 2.45) is 0 Å². The van der Waals surface area contributed by atoms with E-state index in [-0.39, 0.29) is 24.5 Å². The fourth-order valence-corrected chi connectivity index (χ4v) is 4.17. The number of thiophene rings is 1. The molecule has 0 saturated heterocycles. The third-order valence-corrected chi connectivity index (χ3v) is 5.92. The summed E-state index contributed by atoms with van der Waals surface area (Å²) in [6, 6.07) is 17.8. The Morgan fingerprint density at radius 3 is 2.47 bits per heavy atom. The van der Waals surface area contributed by atoms with Crippen LogP contribution in [-0.4, -0.2) is 26.7 Å². The van der Waals surface area contributed by atoms with E-state index in [1.54, 1.807) is 25.6 Å². The number of nitrogens with one attached hydrogen (secondary N) is 2. The van der Waals surface area contributed by atoms with Crippen molar-refractivity contribution in [1.82, 2.24) is 10.6 Å². The zero-order chi connectivity index (χ0) is 21.5. The molecule has 0 unspecified atom stereocenters. The summed E-state index contributed by atoms with van der Waals surface area (Å²) in [5, 5.41) is 8.51. The lowest BCUT2D eigenvalue weighted by atomic mass is 10.0. The summed E-state index contributed by atoms with van der Waals surface area (Å²) in [6.07, 6.45) is 0. The molecule has 0 aliphatic rings. The van der Waals surface area contributed by atoms with E-state index in [0.717, 1.165) is 16.9 Å². The number of rotatable bonds is 9. The van der Waals surface area contributed by atoms with Crippen molar-refractivity contribution in [1.29, 1.82) is 0 Å². The van der Waals surface area contributed by atoms with Crippen LogP contribution in [0.2, 0.25) is 0 Å². The van der Waals surface area contributed by atoms with Crippen LogP contribution in [0.25, 0.3) is 0 Å². The Hall–Kier alpha value is -2.83. The molecule has 1 aromatic heterocycles. The van der Waals surface area contributed by atoms with Crippen LogP contribution in [0.4, 0.5) is 0 Å². The van der Waals surface area contributed by atoms with Gasteiger partial charge in [0, 0.05) is 10.4 Å². The second-order valence-electron chi connectivity index (χ2n) is 7.14. The number of amides is 1. The summed E-state index contributed by atoms with van der Waals surface area (Å²) < 4.78 is 10.7. The molecule has 0 aliphatic carbocycles. The van der Waals surface area contributed by atoms with Crippen LogP contribution in [0.15, 0.2) is 60.0 Å². The highest BCUT2D eigenvalue weighted by molar-refractivity contribution is 7.10. The first-order valence-electron chi connectivity index (χ1n) is 9.86. The van der Waals surface area contributed by atoms with Gasteiger partial charge in [-0.15, -0.1) is 11.3 Å².